The SMILES string of the molecule is CCOc1ccc(CN(C)C[C@@H]2CCCN(CCc3ccc(OC)cc3)C2)cc1. The number of methoxy groups -OCH3 is 1. The van der Waals surface area contributed by atoms with Crippen molar-refractivity contribution >= 4 is 0 Å². The minimum Gasteiger partial charge on any atom is -0.497 e. The molecule has 158 valence electrons. The number of piperidine rings is 1. The first-order valence-corrected chi connectivity index (χ1v) is 10.9. The Kier molecular flexibility index (Phi) is 8.38. The maximum Gasteiger partial charge on any atom is 0.119 e. The van der Waals surface area contributed by atoms with Gasteiger partial charge in [-0.05, 0) is 81.1 Å². The second kappa shape index (κ2) is 11.2. The first kappa shape index (κ1) is 21.7. The average molecular weight is 397 g/mol. The molecule has 1 saturated heterocycles. The average Bonchev–Trinajstić information content (AvgIpc) is 2.74. The van der Waals surface area contributed by atoms with Gasteiger partial charge in [-0.25, -0.2) is 0 Å². The largest absolute Gasteiger partial charge is 0.497 e. The Balaban J connectivity index is 1.42. The Bertz CT molecular complexity index is 715. The van der Waals surface area contributed by atoms with E-state index in [2.05, 4.69) is 65.4 Å². The fourth-order valence-electron chi connectivity index (χ4n) is 4.26. The number of hydrogen-bond donors (Lipinski definition) is 0. The molecule has 0 bridgehead atoms. The first-order chi connectivity index (χ1) is 14.2. The highest BCUT2D eigenvalue weighted by Gasteiger charge is 2.21. The molecule has 1 aliphatic heterocycles. The Hall–Kier alpha value is -2.04. The molecule has 0 aromatic heterocycles. The molecule has 0 unspecified atom stereocenters. The van der Waals surface area contributed by atoms with Crippen molar-refractivity contribution in [3.05, 3.63) is 59.7 Å². The molecule has 0 saturated carbocycles. The molecule has 1 atom stereocenters. The molecule has 1 fully saturated rings. The summed E-state index contributed by atoms with van der Waals surface area (Å²) in [4.78, 5) is 5.11. The summed E-state index contributed by atoms with van der Waals surface area (Å²) in [5.74, 6) is 2.65. The Morgan fingerprint density at radius 3 is 2.38 bits per heavy atom. The lowest BCUT2D eigenvalue weighted by Gasteiger charge is -2.34. The van der Waals surface area contributed by atoms with E-state index in [0.29, 0.717) is 0 Å². The van der Waals surface area contributed by atoms with Crippen molar-refractivity contribution in [3.8, 4) is 11.5 Å². The molecule has 0 spiro atoms. The van der Waals surface area contributed by atoms with Crippen LogP contribution in [0.1, 0.15) is 30.9 Å². The monoisotopic (exact) mass is 396 g/mol. The summed E-state index contributed by atoms with van der Waals surface area (Å²) in [6, 6.07) is 17.0. The van der Waals surface area contributed by atoms with Crippen molar-refractivity contribution in [2.45, 2.75) is 32.7 Å². The molecule has 2 aromatic carbocycles. The van der Waals surface area contributed by atoms with Crippen molar-refractivity contribution in [1.82, 2.24) is 9.80 Å². The third-order valence-corrected chi connectivity index (χ3v) is 5.74. The molecular formula is C25H36N2O2. The van der Waals surface area contributed by atoms with Gasteiger partial charge in [0, 0.05) is 26.2 Å². The lowest BCUT2D eigenvalue weighted by Crippen LogP contribution is -2.40. The van der Waals surface area contributed by atoms with E-state index >= 15 is 0 Å². The van der Waals surface area contributed by atoms with Crippen LogP contribution in [0.3, 0.4) is 0 Å². The van der Waals surface area contributed by atoms with E-state index in [1.807, 2.05) is 6.92 Å². The minimum absolute atomic E-state index is 0.718. The van der Waals surface area contributed by atoms with Gasteiger partial charge in [0.1, 0.15) is 11.5 Å². The van der Waals surface area contributed by atoms with E-state index < -0.39 is 0 Å². The Morgan fingerprint density at radius 2 is 1.69 bits per heavy atom. The smallest absolute Gasteiger partial charge is 0.119 e. The van der Waals surface area contributed by atoms with Crippen LogP contribution >= 0.6 is 0 Å². The van der Waals surface area contributed by atoms with E-state index in [4.69, 9.17) is 9.47 Å². The van der Waals surface area contributed by atoms with Gasteiger partial charge in [-0.1, -0.05) is 24.3 Å². The molecular weight excluding hydrogens is 360 g/mol. The Morgan fingerprint density at radius 1 is 1.00 bits per heavy atom. The quantitative estimate of drug-likeness (QED) is 0.591. The van der Waals surface area contributed by atoms with Crippen LogP contribution in [0.25, 0.3) is 0 Å². The summed E-state index contributed by atoms with van der Waals surface area (Å²) in [6.07, 6.45) is 3.76. The molecule has 0 radical (unpaired) electrons. The molecule has 0 amide bonds. The van der Waals surface area contributed by atoms with Gasteiger partial charge in [0.2, 0.25) is 0 Å². The molecule has 1 aliphatic rings. The van der Waals surface area contributed by atoms with Crippen LogP contribution in [0, 0.1) is 5.92 Å². The summed E-state index contributed by atoms with van der Waals surface area (Å²) >= 11 is 0. The van der Waals surface area contributed by atoms with Crippen molar-refractivity contribution < 1.29 is 9.47 Å². The summed E-state index contributed by atoms with van der Waals surface area (Å²) < 4.78 is 10.8. The van der Waals surface area contributed by atoms with E-state index in [1.54, 1.807) is 7.11 Å². The van der Waals surface area contributed by atoms with Gasteiger partial charge in [0.15, 0.2) is 0 Å². The fourth-order valence-corrected chi connectivity index (χ4v) is 4.26. The van der Waals surface area contributed by atoms with Gasteiger partial charge in [-0.2, -0.15) is 0 Å². The van der Waals surface area contributed by atoms with Crippen molar-refractivity contribution in [2.24, 2.45) is 5.92 Å². The van der Waals surface area contributed by atoms with Crippen LogP contribution in [0.5, 0.6) is 11.5 Å². The van der Waals surface area contributed by atoms with Crippen LogP contribution in [0.2, 0.25) is 0 Å². The van der Waals surface area contributed by atoms with Crippen LogP contribution < -0.4 is 9.47 Å². The number of nitrogens with zero attached hydrogens (tertiary/aromatic N) is 2. The molecule has 1 heterocycles. The van der Waals surface area contributed by atoms with Crippen LogP contribution in [0.4, 0.5) is 0 Å². The van der Waals surface area contributed by atoms with Gasteiger partial charge >= 0.3 is 0 Å². The fraction of sp³-hybridized carbons (Fsp3) is 0.520. The van der Waals surface area contributed by atoms with Crippen LogP contribution in [0.15, 0.2) is 48.5 Å². The normalized spacial score (nSPS) is 17.4. The molecule has 0 aliphatic carbocycles. The third kappa shape index (κ3) is 7.06. The lowest BCUT2D eigenvalue weighted by atomic mass is 9.97. The standard InChI is InChI=1S/C25H36N2O2/c1-4-29-25-13-9-22(10-14-25)18-26(2)19-23-6-5-16-27(20-23)17-15-21-7-11-24(28-3)12-8-21/h7-14,23H,4-6,15-20H2,1-3H3/t23-/m0/s1. The third-order valence-electron chi connectivity index (χ3n) is 5.74. The van der Waals surface area contributed by atoms with Crippen molar-refractivity contribution in [1.29, 1.82) is 0 Å². The number of benzene rings is 2. The number of likely N-dealkylation sites (tertiary alicyclic amines) is 1. The van der Waals surface area contributed by atoms with Gasteiger partial charge in [0.25, 0.3) is 0 Å². The van der Waals surface area contributed by atoms with E-state index in [1.165, 1.54) is 37.1 Å². The van der Waals surface area contributed by atoms with Crippen LogP contribution in [-0.4, -0.2) is 56.7 Å². The topological polar surface area (TPSA) is 24.9 Å². The molecule has 29 heavy (non-hydrogen) atoms. The lowest BCUT2D eigenvalue weighted by molar-refractivity contribution is 0.142. The second-order valence-electron chi connectivity index (χ2n) is 8.18. The van der Waals surface area contributed by atoms with Gasteiger partial charge in [-0.15, -0.1) is 0 Å². The second-order valence-corrected chi connectivity index (χ2v) is 8.18. The predicted octanol–water partition coefficient (Wildman–Crippen LogP) is 4.48. The van der Waals surface area contributed by atoms with E-state index in [9.17, 15) is 0 Å². The summed E-state index contributed by atoms with van der Waals surface area (Å²) in [7, 11) is 3.96. The highest BCUT2D eigenvalue weighted by Crippen LogP contribution is 2.20. The van der Waals surface area contributed by atoms with Crippen molar-refractivity contribution in [2.75, 3.05) is 46.9 Å². The zero-order chi connectivity index (χ0) is 20.5. The minimum atomic E-state index is 0.718. The van der Waals surface area contributed by atoms with E-state index in [0.717, 1.165) is 50.1 Å². The molecule has 2 aromatic rings. The van der Waals surface area contributed by atoms with Crippen LogP contribution in [-0.2, 0) is 13.0 Å². The Labute approximate surface area is 176 Å². The summed E-state index contributed by atoms with van der Waals surface area (Å²) in [5.41, 5.74) is 2.74. The number of hydrogen-bond acceptors (Lipinski definition) is 4. The van der Waals surface area contributed by atoms with Gasteiger partial charge in [0.05, 0.1) is 13.7 Å². The maximum absolute atomic E-state index is 5.54. The van der Waals surface area contributed by atoms with E-state index in [-0.39, 0.29) is 0 Å². The number of ether oxygens (including phenoxy) is 2. The summed E-state index contributed by atoms with van der Waals surface area (Å²) in [6.45, 7) is 8.48. The highest BCUT2D eigenvalue weighted by molar-refractivity contribution is 5.28. The number of rotatable bonds is 10. The predicted molar refractivity (Wildman–Crippen MR) is 120 cm³/mol. The zero-order valence-electron chi connectivity index (χ0n) is 18.3. The van der Waals surface area contributed by atoms with Gasteiger partial charge < -0.3 is 19.3 Å². The first-order valence-electron chi connectivity index (χ1n) is 10.9. The maximum atomic E-state index is 5.54. The molecule has 4 heteroatoms. The van der Waals surface area contributed by atoms with Crippen molar-refractivity contribution in [3.63, 3.8) is 0 Å². The summed E-state index contributed by atoms with van der Waals surface area (Å²) in [5, 5.41) is 0. The van der Waals surface area contributed by atoms with Gasteiger partial charge in [-0.3, -0.25) is 0 Å². The molecule has 3 rings (SSSR count). The molecule has 0 N–H and O–H groups in total. The zero-order valence-corrected chi connectivity index (χ0v) is 18.3. The molecule has 4 nitrogen and oxygen atoms in total. The highest BCUT2D eigenvalue weighted by atomic mass is 16.5.